The summed E-state index contributed by atoms with van der Waals surface area (Å²) in [6, 6.07) is 13.9. The number of fused-ring (bicyclic) bond motifs is 4. The van der Waals surface area contributed by atoms with E-state index in [0.717, 1.165) is 74.7 Å². The quantitative estimate of drug-likeness (QED) is 0.216. The largest absolute Gasteiger partial charge is 0.493 e. The maximum atomic E-state index is 13.0. The fourth-order valence-electron chi connectivity index (χ4n) is 10.1. The van der Waals surface area contributed by atoms with Crippen molar-refractivity contribution in [2.45, 2.75) is 107 Å². The highest BCUT2D eigenvalue weighted by Gasteiger charge is 2.54. The highest BCUT2D eigenvalue weighted by Crippen LogP contribution is 2.58. The first kappa shape index (κ1) is 34.6. The van der Waals surface area contributed by atoms with Gasteiger partial charge in [0.2, 0.25) is 0 Å². The molecule has 3 aliphatic carbocycles. The van der Waals surface area contributed by atoms with Crippen molar-refractivity contribution in [1.29, 1.82) is 0 Å². The Bertz CT molecular complexity index is 1750. The summed E-state index contributed by atoms with van der Waals surface area (Å²) in [6.45, 7) is 8.94. The van der Waals surface area contributed by atoms with Crippen LogP contribution in [-0.2, 0) is 23.1 Å². The van der Waals surface area contributed by atoms with Crippen LogP contribution in [0, 0.1) is 11.8 Å². The summed E-state index contributed by atoms with van der Waals surface area (Å²) < 4.78 is 19.6. The number of hydrogen-bond donors (Lipinski definition) is 2. The summed E-state index contributed by atoms with van der Waals surface area (Å²) in [5.74, 6) is 2.98. The van der Waals surface area contributed by atoms with Crippen LogP contribution in [0.3, 0.4) is 0 Å². The number of aliphatic carboxylic acids is 1. The molecule has 8 nitrogen and oxygen atoms in total. The van der Waals surface area contributed by atoms with E-state index in [9.17, 15) is 9.90 Å². The maximum Gasteiger partial charge on any atom is 0.329 e. The van der Waals surface area contributed by atoms with E-state index < -0.39 is 11.5 Å². The first-order chi connectivity index (χ1) is 24.7. The van der Waals surface area contributed by atoms with Gasteiger partial charge in [0.1, 0.15) is 24.0 Å². The number of hydrogen-bond acceptors (Lipinski definition) is 7. The number of carbonyl (C=O) groups is 1. The molecule has 1 saturated heterocycles. The van der Waals surface area contributed by atoms with Gasteiger partial charge in [-0.05, 0) is 154 Å². The van der Waals surface area contributed by atoms with Crippen LogP contribution < -0.4 is 19.5 Å². The number of halogens is 1. The molecule has 2 N–H and O–H groups in total. The van der Waals surface area contributed by atoms with Crippen molar-refractivity contribution in [3.8, 4) is 17.2 Å². The molecule has 51 heavy (non-hydrogen) atoms. The van der Waals surface area contributed by atoms with Crippen LogP contribution in [0.15, 0.2) is 48.7 Å². The van der Waals surface area contributed by atoms with Crippen LogP contribution >= 0.6 is 11.6 Å². The maximum absolute atomic E-state index is 13.0. The van der Waals surface area contributed by atoms with Gasteiger partial charge in [-0.15, -0.1) is 0 Å². The Morgan fingerprint density at radius 2 is 1.94 bits per heavy atom. The van der Waals surface area contributed by atoms with E-state index in [0.29, 0.717) is 48.8 Å². The third-order valence-electron chi connectivity index (χ3n) is 12.7. The zero-order valence-electron chi connectivity index (χ0n) is 30.1. The van der Waals surface area contributed by atoms with E-state index in [2.05, 4.69) is 41.2 Å². The molecule has 1 saturated carbocycles. The Labute approximate surface area is 307 Å². The molecular weight excluding hydrogens is 662 g/mol. The first-order valence-corrected chi connectivity index (χ1v) is 19.7. The predicted octanol–water partition coefficient (Wildman–Crippen LogP) is 8.44. The van der Waals surface area contributed by atoms with Crippen molar-refractivity contribution >= 4 is 23.3 Å². The third kappa shape index (κ3) is 6.79. The predicted molar refractivity (Wildman–Crippen MR) is 200 cm³/mol. The number of pyridine rings is 1. The third-order valence-corrected chi connectivity index (χ3v) is 13.0. The molecule has 0 bridgehead atoms. The summed E-state index contributed by atoms with van der Waals surface area (Å²) in [4.78, 5) is 20.2. The van der Waals surface area contributed by atoms with Crippen molar-refractivity contribution < 1.29 is 24.1 Å². The lowest BCUT2D eigenvalue weighted by atomic mass is 9.59. The molecule has 8 rings (SSSR count). The van der Waals surface area contributed by atoms with E-state index in [4.69, 9.17) is 25.8 Å². The Kier molecular flexibility index (Phi) is 9.60. The number of rotatable bonds is 10. The normalized spacial score (nSPS) is 29.0. The van der Waals surface area contributed by atoms with Gasteiger partial charge < -0.3 is 24.6 Å². The summed E-state index contributed by atoms with van der Waals surface area (Å²) in [5, 5.41) is 14.7. The molecule has 272 valence electrons. The van der Waals surface area contributed by atoms with E-state index in [1.54, 1.807) is 0 Å². The SMILES string of the molecule is C[C@@H](COc1ccnc2c1[C@H](C)CCC2)C[C@H]1Cc2cc3c(cc2C12CCC(Nc1cccc(Cl)c1)(C(=O)O)CC2)O[C@@H](CN1CCCC1)CO3. The molecule has 0 radical (unpaired) electrons. The molecule has 1 spiro atoms. The number of carboxylic acid groups (broad SMARTS) is 1. The van der Waals surface area contributed by atoms with Crippen LogP contribution in [0.4, 0.5) is 5.69 Å². The number of nitrogens with zero attached hydrogens (tertiary/aromatic N) is 2. The molecule has 5 aliphatic rings. The standard InChI is InChI=1S/C42H52ClN3O5/c1-27(25-49-36-11-16-44-35-10-5-7-28(2)39(35)36)19-30-20-29-21-37-38(51-33(26-50-37)24-46-17-3-4-18-46)23-34(29)41(30)12-14-42(15-13-41,40(47)48)45-32-9-6-8-31(43)22-32/h6,8-9,11,16,21-23,27-28,30,33,45H,3-5,7,10,12-15,17-20,24-26H2,1-2H3,(H,47,48)/t27-,28-,30+,33+,41?,42?/m1/s1. The smallest absolute Gasteiger partial charge is 0.329 e. The minimum absolute atomic E-state index is 0.00790. The Balaban J connectivity index is 1.05. The minimum atomic E-state index is -1.07. The molecule has 0 unspecified atom stereocenters. The Morgan fingerprint density at radius 1 is 1.12 bits per heavy atom. The van der Waals surface area contributed by atoms with Crippen LogP contribution in [0.1, 0.15) is 99.9 Å². The second-order valence-electron chi connectivity index (χ2n) is 16.2. The second kappa shape index (κ2) is 14.1. The van der Waals surface area contributed by atoms with Crippen LogP contribution in [0.2, 0.25) is 5.02 Å². The van der Waals surface area contributed by atoms with Gasteiger partial charge in [0, 0.05) is 34.7 Å². The number of anilines is 1. The van der Waals surface area contributed by atoms with Gasteiger partial charge in [0.25, 0.3) is 0 Å². The lowest BCUT2D eigenvalue weighted by Crippen LogP contribution is -2.53. The summed E-state index contributed by atoms with van der Waals surface area (Å²) in [7, 11) is 0. The van der Waals surface area contributed by atoms with Crippen LogP contribution in [0.25, 0.3) is 0 Å². The zero-order chi connectivity index (χ0) is 35.2. The van der Waals surface area contributed by atoms with Gasteiger partial charge in [0.15, 0.2) is 11.5 Å². The monoisotopic (exact) mass is 713 g/mol. The molecule has 0 amide bonds. The lowest BCUT2D eigenvalue weighted by molar-refractivity contribution is -0.144. The summed E-state index contributed by atoms with van der Waals surface area (Å²) >= 11 is 6.31. The Morgan fingerprint density at radius 3 is 2.73 bits per heavy atom. The number of ether oxygens (including phenoxy) is 3. The molecule has 3 heterocycles. The van der Waals surface area contributed by atoms with Gasteiger partial charge >= 0.3 is 5.97 Å². The fourth-order valence-corrected chi connectivity index (χ4v) is 10.2. The zero-order valence-corrected chi connectivity index (χ0v) is 30.9. The van der Waals surface area contributed by atoms with Gasteiger partial charge in [-0.1, -0.05) is 31.5 Å². The first-order valence-electron chi connectivity index (χ1n) is 19.3. The number of likely N-dealkylation sites (tertiary alicyclic amines) is 1. The number of aromatic nitrogens is 1. The Hall–Kier alpha value is -3.49. The van der Waals surface area contributed by atoms with E-state index in [-0.39, 0.29) is 11.5 Å². The van der Waals surface area contributed by atoms with E-state index in [1.807, 2.05) is 36.5 Å². The summed E-state index contributed by atoms with van der Waals surface area (Å²) in [6.07, 6.45) is 12.3. The second-order valence-corrected chi connectivity index (χ2v) is 16.6. The molecule has 2 fully saturated rings. The van der Waals surface area contributed by atoms with E-state index >= 15 is 0 Å². The van der Waals surface area contributed by atoms with Gasteiger partial charge in [-0.25, -0.2) is 4.79 Å². The van der Waals surface area contributed by atoms with E-state index in [1.165, 1.54) is 48.1 Å². The fraction of sp³-hybridized carbons (Fsp3) is 0.571. The summed E-state index contributed by atoms with van der Waals surface area (Å²) in [5.41, 5.74) is 4.63. The average molecular weight is 714 g/mol. The topological polar surface area (TPSA) is 93.2 Å². The molecule has 2 aromatic carbocycles. The number of aryl methyl sites for hydroxylation is 1. The lowest BCUT2D eigenvalue weighted by Gasteiger charge is -2.47. The number of nitrogens with one attached hydrogen (secondary N) is 1. The van der Waals surface area contributed by atoms with Crippen molar-refractivity contribution in [1.82, 2.24) is 9.88 Å². The molecule has 3 aromatic rings. The van der Waals surface area contributed by atoms with Crippen molar-refractivity contribution in [2.24, 2.45) is 11.8 Å². The van der Waals surface area contributed by atoms with Crippen molar-refractivity contribution in [3.05, 3.63) is 76.1 Å². The molecular formula is C42H52ClN3O5. The minimum Gasteiger partial charge on any atom is -0.493 e. The molecule has 4 atom stereocenters. The van der Waals surface area contributed by atoms with Crippen molar-refractivity contribution in [2.75, 3.05) is 38.2 Å². The number of benzene rings is 2. The highest BCUT2D eigenvalue weighted by molar-refractivity contribution is 6.30. The van der Waals surface area contributed by atoms with Gasteiger partial charge in [-0.3, -0.25) is 9.88 Å². The van der Waals surface area contributed by atoms with Crippen LogP contribution in [-0.4, -0.2) is 65.5 Å². The number of carboxylic acids is 1. The van der Waals surface area contributed by atoms with Gasteiger partial charge in [-0.2, -0.15) is 0 Å². The van der Waals surface area contributed by atoms with Crippen LogP contribution in [0.5, 0.6) is 17.2 Å². The average Bonchev–Trinajstić information content (AvgIpc) is 3.73. The molecule has 9 heteroatoms. The van der Waals surface area contributed by atoms with Gasteiger partial charge in [0.05, 0.1) is 6.61 Å². The molecule has 2 aliphatic heterocycles. The van der Waals surface area contributed by atoms with Crippen molar-refractivity contribution in [3.63, 3.8) is 0 Å². The highest BCUT2D eigenvalue weighted by atomic mass is 35.5. The molecule has 1 aromatic heterocycles.